The number of hydrogen-bond donors (Lipinski definition) is 0. The number of hydrogen-bond acceptors (Lipinski definition) is 5. The molecule has 0 N–H and O–H groups in total. The third kappa shape index (κ3) is 4.90. The van der Waals surface area contributed by atoms with Crippen LogP contribution < -0.4 is 0 Å². The van der Waals surface area contributed by atoms with E-state index in [-0.39, 0.29) is 10.8 Å². The third-order valence-electron chi connectivity index (χ3n) is 5.33. The number of ether oxygens (including phenoxy) is 1. The van der Waals surface area contributed by atoms with E-state index < -0.39 is 10.0 Å². The van der Waals surface area contributed by atoms with Gasteiger partial charge in [-0.2, -0.15) is 4.31 Å². The number of nitrogens with zero attached hydrogens (tertiary/aromatic N) is 3. The average molecular weight is 460 g/mol. The Bertz CT molecular complexity index is 1120. The van der Waals surface area contributed by atoms with Crippen molar-refractivity contribution < 1.29 is 17.9 Å². The lowest BCUT2D eigenvalue weighted by molar-refractivity contribution is 0.0728. The monoisotopic (exact) mass is 459 g/mol. The molecule has 164 valence electrons. The molecule has 0 spiro atoms. The molecule has 3 aromatic rings. The van der Waals surface area contributed by atoms with Crippen molar-refractivity contribution in [1.82, 2.24) is 13.8 Å². The summed E-state index contributed by atoms with van der Waals surface area (Å²) in [6.45, 7) is 2.44. The van der Waals surface area contributed by atoms with E-state index >= 15 is 0 Å². The molecule has 0 saturated carbocycles. The van der Waals surface area contributed by atoms with Crippen molar-refractivity contribution in [2.75, 3.05) is 26.3 Å². The highest BCUT2D eigenvalue weighted by molar-refractivity contribution is 7.89. The van der Waals surface area contributed by atoms with Crippen molar-refractivity contribution in [1.29, 1.82) is 0 Å². The van der Waals surface area contributed by atoms with E-state index in [1.54, 1.807) is 28.4 Å². The van der Waals surface area contributed by atoms with Gasteiger partial charge in [-0.1, -0.05) is 6.07 Å². The summed E-state index contributed by atoms with van der Waals surface area (Å²) in [6.07, 6.45) is 1.95. The van der Waals surface area contributed by atoms with Crippen molar-refractivity contribution in [2.45, 2.75) is 18.0 Å². The molecule has 1 aromatic carbocycles. The minimum Gasteiger partial charge on any atom is -0.379 e. The lowest BCUT2D eigenvalue weighted by atomic mass is 10.2. The summed E-state index contributed by atoms with van der Waals surface area (Å²) in [5, 5.41) is 1.99. The predicted molar refractivity (Wildman–Crippen MR) is 119 cm³/mol. The Kier molecular flexibility index (Phi) is 6.57. The minimum atomic E-state index is -3.59. The second-order valence-electron chi connectivity index (χ2n) is 7.39. The lowest BCUT2D eigenvalue weighted by Crippen LogP contribution is -2.40. The zero-order chi connectivity index (χ0) is 21.8. The Hall–Kier alpha value is -2.46. The Morgan fingerprint density at radius 2 is 1.81 bits per heavy atom. The number of aromatic nitrogens is 1. The summed E-state index contributed by atoms with van der Waals surface area (Å²) in [5.74, 6) is -0.134. The number of benzene rings is 1. The number of amides is 1. The molecule has 31 heavy (non-hydrogen) atoms. The number of thiophene rings is 1. The Morgan fingerprint density at radius 3 is 2.42 bits per heavy atom. The van der Waals surface area contributed by atoms with Gasteiger partial charge in [-0.25, -0.2) is 8.42 Å². The van der Waals surface area contributed by atoms with Gasteiger partial charge in [0.25, 0.3) is 5.91 Å². The zero-order valence-electron chi connectivity index (χ0n) is 17.3. The van der Waals surface area contributed by atoms with Crippen LogP contribution in [-0.4, -0.2) is 54.4 Å². The smallest absolute Gasteiger partial charge is 0.254 e. The Labute approximate surface area is 186 Å². The van der Waals surface area contributed by atoms with Crippen LogP contribution in [0.15, 0.2) is 65.0 Å². The first-order chi connectivity index (χ1) is 14.9. The molecule has 7 nitrogen and oxygen atoms in total. The van der Waals surface area contributed by atoms with Gasteiger partial charge in [0.15, 0.2) is 0 Å². The Balaban J connectivity index is 1.55. The molecule has 1 amide bonds. The number of rotatable bonds is 7. The summed E-state index contributed by atoms with van der Waals surface area (Å²) in [7, 11) is -1.63. The van der Waals surface area contributed by atoms with Gasteiger partial charge in [-0.3, -0.25) is 4.79 Å². The first kappa shape index (κ1) is 21.8. The van der Waals surface area contributed by atoms with Gasteiger partial charge >= 0.3 is 0 Å². The third-order valence-corrected chi connectivity index (χ3v) is 8.10. The Morgan fingerprint density at radius 1 is 1.06 bits per heavy atom. The molecule has 1 saturated heterocycles. The van der Waals surface area contributed by atoms with E-state index in [9.17, 15) is 13.2 Å². The molecule has 0 bridgehead atoms. The van der Waals surface area contributed by atoms with Crippen molar-refractivity contribution in [3.63, 3.8) is 0 Å². The molecule has 9 heteroatoms. The van der Waals surface area contributed by atoms with Gasteiger partial charge < -0.3 is 14.2 Å². The quantitative estimate of drug-likeness (QED) is 0.545. The molecule has 4 rings (SSSR count). The van der Waals surface area contributed by atoms with Crippen LogP contribution in [0.4, 0.5) is 0 Å². The minimum absolute atomic E-state index is 0.134. The first-order valence-electron chi connectivity index (χ1n) is 10.0. The van der Waals surface area contributed by atoms with Gasteiger partial charge in [0.05, 0.1) is 31.2 Å². The molecule has 1 aliphatic rings. The maximum absolute atomic E-state index is 13.3. The number of carbonyl (C=O) groups is 1. The van der Waals surface area contributed by atoms with Crippen LogP contribution in [0, 0.1) is 0 Å². The molecule has 1 aliphatic heterocycles. The van der Waals surface area contributed by atoms with E-state index in [0.717, 1.165) is 10.6 Å². The molecule has 0 aliphatic carbocycles. The standard InChI is InChI=1S/C22H25N3O4S2/c1-23-10-2-4-19(23)16-24(17-20-5-3-15-30-20)22(26)18-6-8-21(9-7-18)31(27,28)25-11-13-29-14-12-25/h2-10,15H,11-14,16-17H2,1H3. The normalized spacial score (nSPS) is 15.1. The van der Waals surface area contributed by atoms with Gasteiger partial charge in [-0.05, 0) is 47.8 Å². The fourth-order valence-corrected chi connectivity index (χ4v) is 5.66. The van der Waals surface area contributed by atoms with E-state index in [1.807, 2.05) is 47.5 Å². The first-order valence-corrected chi connectivity index (χ1v) is 12.4. The number of aryl methyl sites for hydroxylation is 1. The molecular weight excluding hydrogens is 434 g/mol. The van der Waals surface area contributed by atoms with Gasteiger partial charge in [-0.15, -0.1) is 11.3 Å². The molecule has 0 radical (unpaired) electrons. The molecule has 0 unspecified atom stereocenters. The van der Waals surface area contributed by atoms with Crippen LogP contribution >= 0.6 is 11.3 Å². The van der Waals surface area contributed by atoms with E-state index in [2.05, 4.69) is 0 Å². The van der Waals surface area contributed by atoms with Crippen LogP contribution in [0.2, 0.25) is 0 Å². The number of carbonyl (C=O) groups excluding carboxylic acids is 1. The van der Waals surface area contributed by atoms with Crippen molar-refractivity contribution in [3.8, 4) is 0 Å². The molecule has 2 aromatic heterocycles. The van der Waals surface area contributed by atoms with Crippen LogP contribution in [0.25, 0.3) is 0 Å². The summed E-state index contributed by atoms with van der Waals surface area (Å²) in [6, 6.07) is 14.2. The second kappa shape index (κ2) is 9.35. The summed E-state index contributed by atoms with van der Waals surface area (Å²) in [4.78, 5) is 16.4. The molecule has 1 fully saturated rings. The second-order valence-corrected chi connectivity index (χ2v) is 10.4. The van der Waals surface area contributed by atoms with Gasteiger partial charge in [0.2, 0.25) is 10.0 Å². The zero-order valence-corrected chi connectivity index (χ0v) is 18.9. The molecule has 3 heterocycles. The van der Waals surface area contributed by atoms with Crippen LogP contribution in [0.1, 0.15) is 20.9 Å². The maximum atomic E-state index is 13.3. The van der Waals surface area contributed by atoms with Crippen molar-refractivity contribution >= 4 is 27.3 Å². The number of morpholine rings is 1. The SMILES string of the molecule is Cn1cccc1CN(Cc1cccs1)C(=O)c1ccc(S(=O)(=O)N2CCOCC2)cc1. The molecule has 0 atom stereocenters. The topological polar surface area (TPSA) is 71.9 Å². The van der Waals surface area contributed by atoms with Crippen LogP contribution in [-0.2, 0) is 34.9 Å². The summed E-state index contributed by atoms with van der Waals surface area (Å²) >= 11 is 1.61. The van der Waals surface area contributed by atoms with Crippen LogP contribution in [0.5, 0.6) is 0 Å². The van der Waals surface area contributed by atoms with Crippen molar-refractivity contribution in [3.05, 3.63) is 76.2 Å². The number of sulfonamides is 1. The average Bonchev–Trinajstić information content (AvgIpc) is 3.45. The van der Waals surface area contributed by atoms with E-state index in [0.29, 0.717) is 45.0 Å². The molecular formula is C22H25N3O4S2. The van der Waals surface area contributed by atoms with Gasteiger partial charge in [0.1, 0.15) is 0 Å². The van der Waals surface area contributed by atoms with Crippen LogP contribution in [0.3, 0.4) is 0 Å². The fraction of sp³-hybridized carbons (Fsp3) is 0.318. The summed E-state index contributed by atoms with van der Waals surface area (Å²) in [5.41, 5.74) is 1.49. The van der Waals surface area contributed by atoms with Gasteiger partial charge in [0, 0.05) is 42.5 Å². The lowest BCUT2D eigenvalue weighted by Gasteiger charge is -2.26. The predicted octanol–water partition coefficient (Wildman–Crippen LogP) is 2.95. The fourth-order valence-electron chi connectivity index (χ4n) is 3.53. The summed E-state index contributed by atoms with van der Waals surface area (Å²) < 4.78 is 34.3. The van der Waals surface area contributed by atoms with E-state index in [4.69, 9.17) is 4.74 Å². The maximum Gasteiger partial charge on any atom is 0.254 e. The van der Waals surface area contributed by atoms with Crippen molar-refractivity contribution in [2.24, 2.45) is 7.05 Å². The van der Waals surface area contributed by atoms with E-state index in [1.165, 1.54) is 16.4 Å². The largest absolute Gasteiger partial charge is 0.379 e. The highest BCUT2D eigenvalue weighted by atomic mass is 32.2. The highest BCUT2D eigenvalue weighted by Gasteiger charge is 2.27. The highest BCUT2D eigenvalue weighted by Crippen LogP contribution is 2.21.